The van der Waals surface area contributed by atoms with Crippen LogP contribution in [0.4, 0.5) is 9.93 Å². The molecule has 2 aromatic rings. The summed E-state index contributed by atoms with van der Waals surface area (Å²) in [7, 11) is 1.65. The molecule has 0 spiro atoms. The molecule has 1 atom stereocenters. The molecule has 6 nitrogen and oxygen atoms in total. The Morgan fingerprint density at radius 3 is 3.05 bits per heavy atom. The Bertz CT molecular complexity index is 595. The van der Waals surface area contributed by atoms with Crippen LogP contribution in [0.25, 0.3) is 10.6 Å². The molecule has 1 unspecified atom stereocenters. The van der Waals surface area contributed by atoms with Crippen LogP contribution >= 0.6 is 22.7 Å². The van der Waals surface area contributed by atoms with Crippen LogP contribution in [0.2, 0.25) is 0 Å². The van der Waals surface area contributed by atoms with Crippen LogP contribution in [0, 0.1) is 5.92 Å². The molecule has 1 saturated carbocycles. The molecule has 0 aliphatic heterocycles. The number of aromatic nitrogens is 2. The molecular weight excluding hydrogens is 308 g/mol. The molecule has 2 aromatic heterocycles. The van der Waals surface area contributed by atoms with Crippen molar-refractivity contribution in [1.29, 1.82) is 0 Å². The predicted molar refractivity (Wildman–Crippen MR) is 83.8 cm³/mol. The van der Waals surface area contributed by atoms with Gasteiger partial charge in [0.1, 0.15) is 5.01 Å². The molecule has 0 radical (unpaired) electrons. The molecule has 0 aromatic carbocycles. The fourth-order valence-corrected chi connectivity index (χ4v) is 3.50. The molecule has 2 amide bonds. The van der Waals surface area contributed by atoms with Gasteiger partial charge in [0.2, 0.25) is 5.13 Å². The normalized spacial score (nSPS) is 15.7. The third-order valence-corrected chi connectivity index (χ3v) is 4.84. The summed E-state index contributed by atoms with van der Waals surface area (Å²) in [6.45, 7) is 0.536. The van der Waals surface area contributed by atoms with Crippen LogP contribution in [-0.2, 0) is 4.74 Å². The minimum absolute atomic E-state index is 0.0688. The van der Waals surface area contributed by atoms with E-state index in [-0.39, 0.29) is 12.1 Å². The van der Waals surface area contributed by atoms with Crippen LogP contribution in [0.5, 0.6) is 0 Å². The number of hydrogen-bond donors (Lipinski definition) is 2. The van der Waals surface area contributed by atoms with E-state index in [1.54, 1.807) is 18.4 Å². The van der Waals surface area contributed by atoms with Crippen molar-refractivity contribution >= 4 is 33.8 Å². The predicted octanol–water partition coefficient (Wildman–Crippen LogP) is 2.81. The Hall–Kier alpha value is -1.51. The van der Waals surface area contributed by atoms with Gasteiger partial charge in [-0.2, -0.15) is 11.3 Å². The zero-order valence-electron chi connectivity index (χ0n) is 11.5. The number of anilines is 1. The van der Waals surface area contributed by atoms with Crippen molar-refractivity contribution in [2.45, 2.75) is 18.9 Å². The topological polar surface area (TPSA) is 76.1 Å². The number of nitrogens with one attached hydrogen (secondary N) is 2. The van der Waals surface area contributed by atoms with Gasteiger partial charge in [-0.25, -0.2) is 4.79 Å². The van der Waals surface area contributed by atoms with Crippen LogP contribution in [-0.4, -0.2) is 36.0 Å². The minimum Gasteiger partial charge on any atom is -0.383 e. The molecule has 112 valence electrons. The first-order valence-electron chi connectivity index (χ1n) is 6.69. The monoisotopic (exact) mass is 324 g/mol. The number of urea groups is 1. The molecular formula is C13H16N4O2S2. The van der Waals surface area contributed by atoms with Crippen LogP contribution in [0.15, 0.2) is 16.8 Å². The number of carbonyl (C=O) groups excluding carboxylic acids is 1. The lowest BCUT2D eigenvalue weighted by Gasteiger charge is -2.16. The van der Waals surface area contributed by atoms with Crippen molar-refractivity contribution in [2.24, 2.45) is 5.92 Å². The molecule has 21 heavy (non-hydrogen) atoms. The fourth-order valence-electron chi connectivity index (χ4n) is 2.05. The van der Waals surface area contributed by atoms with Gasteiger partial charge in [0.05, 0.1) is 12.6 Å². The summed E-state index contributed by atoms with van der Waals surface area (Å²) in [6, 6.07) is 1.80. The van der Waals surface area contributed by atoms with Gasteiger partial charge >= 0.3 is 6.03 Å². The largest absolute Gasteiger partial charge is 0.383 e. The molecule has 1 fully saturated rings. The quantitative estimate of drug-likeness (QED) is 0.856. The summed E-state index contributed by atoms with van der Waals surface area (Å²) in [4.78, 5) is 12.0. The van der Waals surface area contributed by atoms with Crippen molar-refractivity contribution < 1.29 is 9.53 Å². The molecule has 1 aliphatic rings. The van der Waals surface area contributed by atoms with E-state index in [1.165, 1.54) is 11.3 Å². The maximum Gasteiger partial charge on any atom is 0.321 e. The zero-order valence-corrected chi connectivity index (χ0v) is 13.2. The van der Waals surface area contributed by atoms with Gasteiger partial charge in [-0.3, -0.25) is 5.32 Å². The lowest BCUT2D eigenvalue weighted by Crippen LogP contribution is -2.42. The van der Waals surface area contributed by atoms with Crippen molar-refractivity contribution in [3.8, 4) is 10.6 Å². The first kappa shape index (κ1) is 14.4. The molecule has 1 aliphatic carbocycles. The summed E-state index contributed by atoms with van der Waals surface area (Å²) in [5.41, 5.74) is 1.03. The van der Waals surface area contributed by atoms with E-state index < -0.39 is 0 Å². The highest BCUT2D eigenvalue weighted by atomic mass is 32.1. The lowest BCUT2D eigenvalue weighted by atomic mass is 10.2. The first-order valence-corrected chi connectivity index (χ1v) is 8.44. The van der Waals surface area contributed by atoms with Gasteiger partial charge in [-0.15, -0.1) is 10.2 Å². The lowest BCUT2D eigenvalue weighted by molar-refractivity contribution is 0.159. The SMILES string of the molecule is COCC(NC(=O)Nc1nnc(-c2ccsc2)s1)C1CC1. The van der Waals surface area contributed by atoms with Crippen LogP contribution < -0.4 is 10.6 Å². The van der Waals surface area contributed by atoms with Gasteiger partial charge in [0.25, 0.3) is 0 Å². The van der Waals surface area contributed by atoms with Crippen LogP contribution in [0.3, 0.4) is 0 Å². The van der Waals surface area contributed by atoms with E-state index in [1.807, 2.05) is 16.8 Å². The zero-order chi connectivity index (χ0) is 14.7. The van der Waals surface area contributed by atoms with E-state index >= 15 is 0 Å². The second kappa shape index (κ2) is 6.50. The third-order valence-electron chi connectivity index (χ3n) is 3.27. The summed E-state index contributed by atoms with van der Waals surface area (Å²) < 4.78 is 5.14. The second-order valence-corrected chi connectivity index (χ2v) is 6.68. The molecule has 0 saturated heterocycles. The Morgan fingerprint density at radius 1 is 1.52 bits per heavy atom. The van der Waals surface area contributed by atoms with E-state index in [9.17, 15) is 4.79 Å². The second-order valence-electron chi connectivity index (χ2n) is 4.92. The Kier molecular flexibility index (Phi) is 4.47. The standard InChI is InChI=1S/C13H16N4O2S2/c1-19-6-10(8-2-3-8)14-12(18)15-13-17-16-11(21-13)9-4-5-20-7-9/h4-5,7-8,10H,2-3,6H2,1H3,(H2,14,15,17,18). The van der Waals surface area contributed by atoms with E-state index in [0.29, 0.717) is 17.7 Å². The Labute approximate surface area is 130 Å². The highest BCUT2D eigenvalue weighted by molar-refractivity contribution is 7.19. The molecule has 8 heteroatoms. The van der Waals surface area contributed by atoms with Gasteiger partial charge in [0.15, 0.2) is 0 Å². The number of methoxy groups -OCH3 is 1. The molecule has 2 heterocycles. The summed E-state index contributed by atoms with van der Waals surface area (Å²) in [5, 5.41) is 19.1. The van der Waals surface area contributed by atoms with Gasteiger partial charge in [-0.1, -0.05) is 11.3 Å². The maximum atomic E-state index is 12.0. The summed E-state index contributed by atoms with van der Waals surface area (Å²) in [5.74, 6) is 0.534. The maximum absolute atomic E-state index is 12.0. The number of thiophene rings is 1. The number of nitrogens with zero attached hydrogens (tertiary/aromatic N) is 2. The molecule has 0 bridgehead atoms. The summed E-state index contributed by atoms with van der Waals surface area (Å²) >= 11 is 2.97. The minimum atomic E-state index is -0.253. The van der Waals surface area contributed by atoms with E-state index in [2.05, 4.69) is 20.8 Å². The average molecular weight is 324 g/mol. The smallest absolute Gasteiger partial charge is 0.321 e. The van der Waals surface area contributed by atoms with Gasteiger partial charge in [0, 0.05) is 18.1 Å². The number of amides is 2. The van der Waals surface area contributed by atoms with Crippen molar-refractivity contribution in [1.82, 2.24) is 15.5 Å². The highest BCUT2D eigenvalue weighted by Gasteiger charge is 2.32. The van der Waals surface area contributed by atoms with Gasteiger partial charge in [-0.05, 0) is 30.2 Å². The van der Waals surface area contributed by atoms with Crippen LogP contribution in [0.1, 0.15) is 12.8 Å². The first-order chi connectivity index (χ1) is 10.3. The van der Waals surface area contributed by atoms with Gasteiger partial charge < -0.3 is 10.1 Å². The highest BCUT2D eigenvalue weighted by Crippen LogP contribution is 2.33. The molecule has 2 N–H and O–H groups in total. The van der Waals surface area contributed by atoms with Crippen molar-refractivity contribution in [3.63, 3.8) is 0 Å². The van der Waals surface area contributed by atoms with E-state index in [0.717, 1.165) is 23.4 Å². The summed E-state index contributed by atoms with van der Waals surface area (Å²) in [6.07, 6.45) is 2.30. The van der Waals surface area contributed by atoms with E-state index in [4.69, 9.17) is 4.74 Å². The number of rotatable bonds is 6. The fraction of sp³-hybridized carbons (Fsp3) is 0.462. The number of ether oxygens (including phenoxy) is 1. The number of carbonyl (C=O) groups is 1. The Balaban J connectivity index is 1.57. The molecule has 3 rings (SSSR count). The van der Waals surface area contributed by atoms with Crippen molar-refractivity contribution in [2.75, 3.05) is 19.0 Å². The number of hydrogen-bond acceptors (Lipinski definition) is 6. The average Bonchev–Trinajstić information content (AvgIpc) is 2.97. The van der Waals surface area contributed by atoms with Crippen molar-refractivity contribution in [3.05, 3.63) is 16.8 Å². The third kappa shape index (κ3) is 3.78. The Morgan fingerprint density at radius 2 is 2.38 bits per heavy atom.